The monoisotopic (exact) mass is 217 g/mol. The van der Waals surface area contributed by atoms with E-state index in [1.807, 2.05) is 24.3 Å². The number of hydrogen-bond donors (Lipinski definition) is 2. The van der Waals surface area contributed by atoms with Gasteiger partial charge < -0.3 is 15.1 Å². The van der Waals surface area contributed by atoms with Crippen LogP contribution in [0.3, 0.4) is 0 Å². The van der Waals surface area contributed by atoms with Crippen molar-refractivity contribution in [2.75, 3.05) is 18.4 Å². The second-order valence-electron chi connectivity index (χ2n) is 4.17. The van der Waals surface area contributed by atoms with Crippen molar-refractivity contribution in [2.24, 2.45) is 0 Å². The number of fused-ring (bicyclic) bond motifs is 1. The SMILES string of the molecule is c1ccc2oc(N[C@H]3CCCNC3)nc2c1. The number of rotatable bonds is 2. The Morgan fingerprint density at radius 2 is 2.31 bits per heavy atom. The minimum atomic E-state index is 0.432. The Bertz CT molecular complexity index is 441. The molecule has 3 rings (SSSR count). The van der Waals surface area contributed by atoms with E-state index < -0.39 is 0 Å². The molecule has 0 aliphatic carbocycles. The van der Waals surface area contributed by atoms with E-state index >= 15 is 0 Å². The molecule has 1 aromatic heterocycles. The highest BCUT2D eigenvalue weighted by Crippen LogP contribution is 2.19. The smallest absolute Gasteiger partial charge is 0.295 e. The molecular formula is C12H15N3O. The van der Waals surface area contributed by atoms with Crippen LogP contribution in [0.15, 0.2) is 28.7 Å². The standard InChI is InChI=1S/C12H15N3O/c1-2-6-11-10(5-1)15-12(16-11)14-9-4-3-7-13-8-9/h1-2,5-6,9,13H,3-4,7-8H2,(H,14,15)/t9-/m0/s1. The van der Waals surface area contributed by atoms with Crippen molar-refractivity contribution in [2.45, 2.75) is 18.9 Å². The van der Waals surface area contributed by atoms with Gasteiger partial charge in [0.1, 0.15) is 5.52 Å². The fourth-order valence-electron chi connectivity index (χ4n) is 2.08. The van der Waals surface area contributed by atoms with E-state index in [9.17, 15) is 0 Å². The zero-order valence-electron chi connectivity index (χ0n) is 9.07. The molecule has 0 unspecified atom stereocenters. The zero-order chi connectivity index (χ0) is 10.8. The van der Waals surface area contributed by atoms with Crippen molar-refractivity contribution in [1.29, 1.82) is 0 Å². The maximum atomic E-state index is 5.62. The van der Waals surface area contributed by atoms with E-state index in [0.717, 1.165) is 24.2 Å². The summed E-state index contributed by atoms with van der Waals surface area (Å²) in [4.78, 5) is 4.40. The van der Waals surface area contributed by atoms with Crippen LogP contribution in [0.4, 0.5) is 6.01 Å². The van der Waals surface area contributed by atoms with Crippen LogP contribution in [0.2, 0.25) is 0 Å². The molecule has 2 N–H and O–H groups in total. The van der Waals surface area contributed by atoms with Crippen LogP contribution in [0.1, 0.15) is 12.8 Å². The molecular weight excluding hydrogens is 202 g/mol. The van der Waals surface area contributed by atoms with Gasteiger partial charge in [-0.15, -0.1) is 0 Å². The number of aromatic nitrogens is 1. The summed E-state index contributed by atoms with van der Waals surface area (Å²) in [6, 6.07) is 8.89. The first-order valence-electron chi connectivity index (χ1n) is 5.75. The van der Waals surface area contributed by atoms with Crippen molar-refractivity contribution in [3.8, 4) is 0 Å². The Morgan fingerprint density at radius 1 is 1.38 bits per heavy atom. The molecule has 1 aliphatic rings. The zero-order valence-corrected chi connectivity index (χ0v) is 9.07. The van der Waals surface area contributed by atoms with Crippen molar-refractivity contribution in [3.63, 3.8) is 0 Å². The van der Waals surface area contributed by atoms with E-state index in [1.54, 1.807) is 0 Å². The molecule has 1 saturated heterocycles. The Labute approximate surface area is 94.0 Å². The minimum Gasteiger partial charge on any atom is -0.424 e. The van der Waals surface area contributed by atoms with Gasteiger partial charge in [0, 0.05) is 12.6 Å². The Kier molecular flexibility index (Phi) is 2.50. The van der Waals surface area contributed by atoms with Crippen LogP contribution in [-0.2, 0) is 0 Å². The molecule has 0 spiro atoms. The second kappa shape index (κ2) is 4.14. The summed E-state index contributed by atoms with van der Waals surface area (Å²) in [6.07, 6.45) is 2.38. The fraction of sp³-hybridized carbons (Fsp3) is 0.417. The maximum absolute atomic E-state index is 5.62. The predicted molar refractivity (Wildman–Crippen MR) is 63.5 cm³/mol. The van der Waals surface area contributed by atoms with Gasteiger partial charge in [-0.3, -0.25) is 0 Å². The van der Waals surface area contributed by atoms with Gasteiger partial charge in [-0.25, -0.2) is 0 Å². The molecule has 1 fully saturated rings. The number of nitrogens with one attached hydrogen (secondary N) is 2. The van der Waals surface area contributed by atoms with E-state index in [2.05, 4.69) is 15.6 Å². The largest absolute Gasteiger partial charge is 0.424 e. The average Bonchev–Trinajstić information content (AvgIpc) is 2.72. The third-order valence-corrected chi connectivity index (χ3v) is 2.92. The number of para-hydroxylation sites is 2. The third-order valence-electron chi connectivity index (χ3n) is 2.92. The van der Waals surface area contributed by atoms with Crippen molar-refractivity contribution in [1.82, 2.24) is 10.3 Å². The van der Waals surface area contributed by atoms with Gasteiger partial charge in [-0.05, 0) is 31.5 Å². The summed E-state index contributed by atoms with van der Waals surface area (Å²) in [6.45, 7) is 2.10. The van der Waals surface area contributed by atoms with E-state index in [1.165, 1.54) is 12.8 Å². The molecule has 1 atom stereocenters. The van der Waals surface area contributed by atoms with Gasteiger partial charge in [0.2, 0.25) is 0 Å². The first-order valence-corrected chi connectivity index (χ1v) is 5.75. The molecule has 1 aliphatic heterocycles. The molecule has 16 heavy (non-hydrogen) atoms. The first-order chi connectivity index (χ1) is 7.92. The van der Waals surface area contributed by atoms with Gasteiger partial charge >= 0.3 is 0 Å². The normalized spacial score (nSPS) is 21.1. The molecule has 0 amide bonds. The molecule has 4 heteroatoms. The topological polar surface area (TPSA) is 50.1 Å². The number of oxazole rings is 1. The van der Waals surface area contributed by atoms with Gasteiger partial charge in [-0.2, -0.15) is 4.98 Å². The lowest BCUT2D eigenvalue weighted by Crippen LogP contribution is -2.38. The summed E-state index contributed by atoms with van der Waals surface area (Å²) in [7, 11) is 0. The van der Waals surface area contributed by atoms with Crippen LogP contribution >= 0.6 is 0 Å². The van der Waals surface area contributed by atoms with Gasteiger partial charge in [0.15, 0.2) is 5.58 Å². The van der Waals surface area contributed by atoms with E-state index in [-0.39, 0.29) is 0 Å². The molecule has 1 aromatic carbocycles. The number of hydrogen-bond acceptors (Lipinski definition) is 4. The Hall–Kier alpha value is -1.55. The summed E-state index contributed by atoms with van der Waals surface area (Å²) in [5.41, 5.74) is 1.75. The number of piperidine rings is 1. The first kappa shape index (κ1) is 9.66. The molecule has 2 heterocycles. The molecule has 84 valence electrons. The highest BCUT2D eigenvalue weighted by Gasteiger charge is 2.15. The third kappa shape index (κ3) is 1.88. The lowest BCUT2D eigenvalue weighted by atomic mass is 10.1. The van der Waals surface area contributed by atoms with E-state index in [4.69, 9.17) is 4.42 Å². The van der Waals surface area contributed by atoms with Crippen molar-refractivity contribution >= 4 is 17.1 Å². The lowest BCUT2D eigenvalue weighted by Gasteiger charge is -2.22. The van der Waals surface area contributed by atoms with Crippen LogP contribution < -0.4 is 10.6 Å². The summed E-state index contributed by atoms with van der Waals surface area (Å²) < 4.78 is 5.62. The molecule has 0 saturated carbocycles. The fourth-order valence-corrected chi connectivity index (χ4v) is 2.08. The van der Waals surface area contributed by atoms with Crippen LogP contribution in [0, 0.1) is 0 Å². The van der Waals surface area contributed by atoms with Gasteiger partial charge in [-0.1, -0.05) is 12.1 Å². The van der Waals surface area contributed by atoms with Crippen LogP contribution in [0.5, 0.6) is 0 Å². The van der Waals surface area contributed by atoms with Crippen LogP contribution in [0.25, 0.3) is 11.1 Å². The summed E-state index contributed by atoms with van der Waals surface area (Å²) in [5, 5.41) is 6.69. The highest BCUT2D eigenvalue weighted by molar-refractivity contribution is 5.74. The van der Waals surface area contributed by atoms with E-state index in [0.29, 0.717) is 12.1 Å². The predicted octanol–water partition coefficient (Wildman–Crippen LogP) is 1.99. The Balaban J connectivity index is 1.78. The molecule has 0 bridgehead atoms. The van der Waals surface area contributed by atoms with Gasteiger partial charge in [0.05, 0.1) is 0 Å². The Morgan fingerprint density at radius 3 is 3.12 bits per heavy atom. The second-order valence-corrected chi connectivity index (χ2v) is 4.17. The molecule has 0 radical (unpaired) electrons. The summed E-state index contributed by atoms with van der Waals surface area (Å²) in [5.74, 6) is 0. The molecule has 2 aromatic rings. The minimum absolute atomic E-state index is 0.432. The van der Waals surface area contributed by atoms with Crippen molar-refractivity contribution in [3.05, 3.63) is 24.3 Å². The van der Waals surface area contributed by atoms with Crippen molar-refractivity contribution < 1.29 is 4.42 Å². The van der Waals surface area contributed by atoms with Crippen LogP contribution in [-0.4, -0.2) is 24.1 Å². The number of anilines is 1. The summed E-state index contributed by atoms with van der Waals surface area (Å²) >= 11 is 0. The van der Waals surface area contributed by atoms with Gasteiger partial charge in [0.25, 0.3) is 6.01 Å². The lowest BCUT2D eigenvalue weighted by molar-refractivity contribution is 0.467. The number of nitrogens with zero attached hydrogens (tertiary/aromatic N) is 1. The quantitative estimate of drug-likeness (QED) is 0.807. The maximum Gasteiger partial charge on any atom is 0.295 e. The average molecular weight is 217 g/mol. The molecule has 4 nitrogen and oxygen atoms in total. The number of benzene rings is 1. The highest BCUT2D eigenvalue weighted by atomic mass is 16.4.